The molecule has 0 aliphatic heterocycles. The maximum atomic E-state index is 10.4. The van der Waals surface area contributed by atoms with Crippen LogP contribution in [0.15, 0.2) is 60.7 Å². The van der Waals surface area contributed by atoms with E-state index < -0.39 is 26.7 Å². The molecule has 25 heavy (non-hydrogen) atoms. The van der Waals surface area contributed by atoms with Gasteiger partial charge in [-0.1, -0.05) is 60.7 Å². The van der Waals surface area contributed by atoms with Gasteiger partial charge in [-0.25, -0.2) is 0 Å². The van der Waals surface area contributed by atoms with Gasteiger partial charge >= 0.3 is 26.7 Å². The second-order valence-electron chi connectivity index (χ2n) is 5.06. The summed E-state index contributed by atoms with van der Waals surface area (Å²) in [4.78, 5) is 41.5. The Kier molecular flexibility index (Phi) is 6.41. The number of hydrogen-bond donors (Lipinski definition) is 4. The van der Waals surface area contributed by atoms with Crippen LogP contribution in [0.3, 0.4) is 0 Å². The van der Waals surface area contributed by atoms with Gasteiger partial charge in [0.25, 0.3) is 0 Å². The smallest absolute Gasteiger partial charge is 0.387 e. The minimum Gasteiger partial charge on any atom is -0.387 e. The van der Waals surface area contributed by atoms with Crippen LogP contribution in [0.4, 0.5) is 0 Å². The predicted molar refractivity (Wildman–Crippen MR) is 94.5 cm³/mol. The van der Waals surface area contributed by atoms with Crippen LogP contribution < -0.4 is 10.4 Å². The van der Waals surface area contributed by atoms with E-state index >= 15 is 0 Å². The highest BCUT2D eigenvalue weighted by molar-refractivity contribution is 6.85. The summed E-state index contributed by atoms with van der Waals surface area (Å²) in [7, 11) is -10.9. The summed E-state index contributed by atoms with van der Waals surface area (Å²) in [6.07, 6.45) is 0. The summed E-state index contributed by atoms with van der Waals surface area (Å²) in [5, 5.41) is 0.264. The van der Waals surface area contributed by atoms with E-state index in [1.807, 2.05) is 0 Å². The van der Waals surface area contributed by atoms with Gasteiger partial charge in [0.15, 0.2) is 0 Å². The van der Waals surface area contributed by atoms with Crippen molar-refractivity contribution in [2.75, 3.05) is 14.2 Å². The Bertz CT molecular complexity index is 609. The van der Waals surface area contributed by atoms with Crippen LogP contribution >= 0.6 is 0 Å². The van der Waals surface area contributed by atoms with Crippen LogP contribution in [0.5, 0.6) is 0 Å². The highest BCUT2D eigenvalue weighted by Crippen LogP contribution is 2.18. The largest absolute Gasteiger partial charge is 0.664 e. The molecule has 136 valence electrons. The van der Waals surface area contributed by atoms with E-state index in [1.165, 1.54) is 38.5 Å². The van der Waals surface area contributed by atoms with Gasteiger partial charge in [0.05, 0.1) is 0 Å². The van der Waals surface area contributed by atoms with Crippen molar-refractivity contribution in [2.24, 2.45) is 0 Å². The average Bonchev–Trinajstić information content (AvgIpc) is 2.62. The first-order chi connectivity index (χ1) is 11.7. The van der Waals surface area contributed by atoms with E-state index in [9.17, 15) is 19.2 Å². The van der Waals surface area contributed by atoms with Crippen LogP contribution in [-0.2, 0) is 17.1 Å². The Labute approximate surface area is 148 Å². The quantitative estimate of drug-likeness (QED) is 0.392. The Morgan fingerprint density at radius 1 is 0.600 bits per heavy atom. The molecule has 0 heterocycles. The summed E-state index contributed by atoms with van der Waals surface area (Å²) in [6, 6.07) is 15.7. The summed E-state index contributed by atoms with van der Waals surface area (Å²) in [5.41, 5.74) is 0. The van der Waals surface area contributed by atoms with E-state index in [0.29, 0.717) is 0 Å². The molecule has 0 saturated carbocycles. The first-order valence-corrected chi connectivity index (χ1v) is 12.5. The minimum atomic E-state index is -4.47. The first kappa shape index (κ1) is 20.1. The molecule has 2 aromatic rings. The van der Waals surface area contributed by atoms with E-state index in [2.05, 4.69) is 0 Å². The molecule has 0 aromatic heterocycles. The highest BCUT2D eigenvalue weighted by Gasteiger charge is 2.59. The molecule has 0 aliphatic rings. The van der Waals surface area contributed by atoms with Gasteiger partial charge in [-0.3, -0.25) is 0 Å². The third kappa shape index (κ3) is 4.90. The number of rotatable bonds is 8. The number of benzene rings is 2. The van der Waals surface area contributed by atoms with E-state index in [0.717, 1.165) is 0 Å². The SMILES string of the molecule is CO[Si](OC)(O[Si](O)(O)c1ccccc1)O[Si](O)(O)c1ccccc1. The van der Waals surface area contributed by atoms with Crippen LogP contribution in [0.25, 0.3) is 0 Å². The lowest BCUT2D eigenvalue weighted by atomic mass is 10.4. The fourth-order valence-corrected chi connectivity index (χ4v) is 9.07. The third-order valence-electron chi connectivity index (χ3n) is 3.33. The summed E-state index contributed by atoms with van der Waals surface area (Å²) in [6.45, 7) is 0. The molecule has 2 rings (SSSR count). The fraction of sp³-hybridized carbons (Fsp3) is 0.143. The summed E-state index contributed by atoms with van der Waals surface area (Å²) < 4.78 is 20.8. The van der Waals surface area contributed by atoms with Crippen molar-refractivity contribution in [1.29, 1.82) is 0 Å². The zero-order chi connectivity index (χ0) is 18.6. The Morgan fingerprint density at radius 3 is 1.20 bits per heavy atom. The van der Waals surface area contributed by atoms with Gasteiger partial charge in [-0.05, 0) is 0 Å². The summed E-state index contributed by atoms with van der Waals surface area (Å²) >= 11 is 0. The molecule has 0 saturated heterocycles. The third-order valence-corrected chi connectivity index (χ3v) is 10.8. The van der Waals surface area contributed by atoms with Gasteiger partial charge < -0.3 is 36.3 Å². The van der Waals surface area contributed by atoms with Crippen molar-refractivity contribution in [2.45, 2.75) is 0 Å². The van der Waals surface area contributed by atoms with Crippen molar-refractivity contribution in [1.82, 2.24) is 0 Å². The van der Waals surface area contributed by atoms with Gasteiger partial charge in [0, 0.05) is 24.6 Å². The van der Waals surface area contributed by atoms with Crippen molar-refractivity contribution in [3.63, 3.8) is 0 Å². The van der Waals surface area contributed by atoms with E-state index in [-0.39, 0.29) is 10.4 Å². The van der Waals surface area contributed by atoms with Gasteiger partial charge in [-0.15, -0.1) is 0 Å². The molecule has 0 fully saturated rings. The zero-order valence-corrected chi connectivity index (χ0v) is 16.7. The van der Waals surface area contributed by atoms with Crippen molar-refractivity contribution < 1.29 is 36.3 Å². The fourth-order valence-electron chi connectivity index (χ4n) is 2.05. The lowest BCUT2D eigenvalue weighted by Gasteiger charge is -2.33. The minimum absolute atomic E-state index is 0.132. The van der Waals surface area contributed by atoms with E-state index in [1.54, 1.807) is 36.4 Å². The molecule has 0 aliphatic carbocycles. The Balaban J connectivity index is 2.29. The molecule has 8 nitrogen and oxygen atoms in total. The second kappa shape index (κ2) is 7.98. The predicted octanol–water partition coefficient (Wildman–Crippen LogP) is -1.59. The standard InChI is InChI=1S/C14H20O8Si3/c1-19-25(20-2,21-23(15,16)13-9-5-3-6-10-13)22-24(17,18)14-11-7-4-8-12-14/h3-12,15-18H,1-2H3. The average molecular weight is 401 g/mol. The molecular formula is C14H20O8Si3. The van der Waals surface area contributed by atoms with Crippen LogP contribution in [0, 0.1) is 0 Å². The molecule has 11 heteroatoms. The molecule has 0 bridgehead atoms. The van der Waals surface area contributed by atoms with Crippen LogP contribution in [-0.4, -0.2) is 60.1 Å². The summed E-state index contributed by atoms with van der Waals surface area (Å²) in [5.74, 6) is 0. The van der Waals surface area contributed by atoms with Gasteiger partial charge in [0.2, 0.25) is 0 Å². The molecule has 2 aromatic carbocycles. The molecule has 0 amide bonds. The molecule has 0 atom stereocenters. The molecule has 0 spiro atoms. The maximum Gasteiger partial charge on any atom is 0.664 e. The van der Waals surface area contributed by atoms with Gasteiger partial charge in [0.1, 0.15) is 0 Å². The Hall–Kier alpha value is -1.23. The van der Waals surface area contributed by atoms with E-state index in [4.69, 9.17) is 17.1 Å². The van der Waals surface area contributed by atoms with Crippen molar-refractivity contribution in [3.8, 4) is 0 Å². The lowest BCUT2D eigenvalue weighted by Crippen LogP contribution is -2.68. The zero-order valence-electron chi connectivity index (χ0n) is 13.7. The Morgan fingerprint density at radius 2 is 0.920 bits per heavy atom. The topological polar surface area (TPSA) is 118 Å². The monoisotopic (exact) mass is 400 g/mol. The second-order valence-corrected chi connectivity index (χ2v) is 12.1. The van der Waals surface area contributed by atoms with Crippen LogP contribution in [0.2, 0.25) is 0 Å². The lowest BCUT2D eigenvalue weighted by molar-refractivity contribution is 0.0340. The van der Waals surface area contributed by atoms with Gasteiger partial charge in [-0.2, -0.15) is 0 Å². The molecule has 0 unspecified atom stereocenters. The molecule has 0 radical (unpaired) electrons. The maximum absolute atomic E-state index is 10.4. The first-order valence-electron chi connectivity index (χ1n) is 7.26. The van der Waals surface area contributed by atoms with Crippen molar-refractivity contribution >= 4 is 37.0 Å². The highest BCUT2D eigenvalue weighted by atomic mass is 28.5. The normalized spacial score (nSPS) is 13.0. The van der Waals surface area contributed by atoms with Crippen LogP contribution in [0.1, 0.15) is 0 Å². The molecular weight excluding hydrogens is 380 g/mol. The molecule has 4 N–H and O–H groups in total. The number of hydrogen-bond acceptors (Lipinski definition) is 8. The van der Waals surface area contributed by atoms with Crippen molar-refractivity contribution in [3.05, 3.63) is 60.7 Å².